The molecular weight excluding hydrogens is 140 g/mol. The molecule has 2 rings (SSSR count). The zero-order valence-electron chi connectivity index (χ0n) is 6.83. The van der Waals surface area contributed by atoms with Crippen molar-refractivity contribution >= 4 is 0 Å². The monoisotopic (exact) mass is 156 g/mol. The molecule has 2 aliphatic rings. The fourth-order valence-electron chi connectivity index (χ4n) is 1.65. The minimum atomic E-state index is -0.172. The SMILES string of the molecule is OC1CCCC1OCC1CC1. The van der Waals surface area contributed by atoms with Crippen molar-refractivity contribution in [2.75, 3.05) is 6.61 Å². The molecule has 2 saturated carbocycles. The molecule has 0 aromatic heterocycles. The lowest BCUT2D eigenvalue weighted by Gasteiger charge is -2.14. The predicted octanol–water partition coefficient (Wildman–Crippen LogP) is 1.33. The van der Waals surface area contributed by atoms with E-state index in [9.17, 15) is 5.11 Å². The van der Waals surface area contributed by atoms with Crippen LogP contribution in [0.5, 0.6) is 0 Å². The molecule has 2 atom stereocenters. The van der Waals surface area contributed by atoms with Gasteiger partial charge >= 0.3 is 0 Å². The van der Waals surface area contributed by atoms with E-state index >= 15 is 0 Å². The third kappa shape index (κ3) is 1.94. The first-order valence-electron chi connectivity index (χ1n) is 4.66. The normalized spacial score (nSPS) is 37.9. The van der Waals surface area contributed by atoms with Crippen molar-refractivity contribution in [1.29, 1.82) is 0 Å². The van der Waals surface area contributed by atoms with Crippen molar-refractivity contribution in [1.82, 2.24) is 0 Å². The van der Waals surface area contributed by atoms with Gasteiger partial charge in [-0.1, -0.05) is 0 Å². The first-order valence-corrected chi connectivity index (χ1v) is 4.66. The Morgan fingerprint density at radius 3 is 2.55 bits per heavy atom. The Bertz CT molecular complexity index is 132. The van der Waals surface area contributed by atoms with E-state index in [0.717, 1.165) is 31.8 Å². The third-order valence-corrected chi connectivity index (χ3v) is 2.66. The molecule has 1 N–H and O–H groups in total. The summed E-state index contributed by atoms with van der Waals surface area (Å²) in [5.74, 6) is 0.822. The van der Waals surface area contributed by atoms with Gasteiger partial charge in [0.2, 0.25) is 0 Å². The average Bonchev–Trinajstić information content (AvgIpc) is 2.73. The Kier molecular flexibility index (Phi) is 2.14. The lowest BCUT2D eigenvalue weighted by molar-refractivity contribution is -0.0226. The summed E-state index contributed by atoms with van der Waals surface area (Å²) in [6.45, 7) is 0.891. The summed E-state index contributed by atoms with van der Waals surface area (Å²) < 4.78 is 5.59. The minimum Gasteiger partial charge on any atom is -0.390 e. The maximum absolute atomic E-state index is 9.40. The lowest BCUT2D eigenvalue weighted by atomic mass is 10.2. The quantitative estimate of drug-likeness (QED) is 0.668. The van der Waals surface area contributed by atoms with Gasteiger partial charge in [-0.05, 0) is 38.0 Å². The van der Waals surface area contributed by atoms with Gasteiger partial charge in [0.05, 0.1) is 12.2 Å². The fourth-order valence-corrected chi connectivity index (χ4v) is 1.65. The summed E-state index contributed by atoms with van der Waals surface area (Å²) in [5, 5.41) is 9.40. The first kappa shape index (κ1) is 7.56. The topological polar surface area (TPSA) is 29.5 Å². The smallest absolute Gasteiger partial charge is 0.0834 e. The van der Waals surface area contributed by atoms with Crippen LogP contribution in [-0.4, -0.2) is 23.9 Å². The standard InChI is InChI=1S/C9H16O2/c10-8-2-1-3-9(8)11-6-7-4-5-7/h7-10H,1-6H2. The number of aliphatic hydroxyl groups is 1. The molecule has 2 heteroatoms. The Hall–Kier alpha value is -0.0800. The molecule has 0 spiro atoms. The van der Waals surface area contributed by atoms with E-state index < -0.39 is 0 Å². The molecule has 64 valence electrons. The summed E-state index contributed by atoms with van der Waals surface area (Å²) in [6.07, 6.45) is 5.80. The second kappa shape index (κ2) is 3.11. The van der Waals surface area contributed by atoms with Crippen LogP contribution in [0.4, 0.5) is 0 Å². The van der Waals surface area contributed by atoms with Gasteiger partial charge in [0.1, 0.15) is 0 Å². The van der Waals surface area contributed by atoms with Crippen LogP contribution in [0.1, 0.15) is 32.1 Å². The van der Waals surface area contributed by atoms with E-state index in [1.807, 2.05) is 0 Å². The van der Waals surface area contributed by atoms with Crippen molar-refractivity contribution in [2.24, 2.45) is 5.92 Å². The molecule has 2 nitrogen and oxygen atoms in total. The van der Waals surface area contributed by atoms with Crippen LogP contribution in [-0.2, 0) is 4.74 Å². The van der Waals surface area contributed by atoms with E-state index in [1.165, 1.54) is 12.8 Å². The zero-order chi connectivity index (χ0) is 7.68. The largest absolute Gasteiger partial charge is 0.390 e. The number of rotatable bonds is 3. The highest BCUT2D eigenvalue weighted by atomic mass is 16.5. The van der Waals surface area contributed by atoms with Crippen molar-refractivity contribution in [2.45, 2.75) is 44.3 Å². The van der Waals surface area contributed by atoms with Gasteiger partial charge in [0.15, 0.2) is 0 Å². The highest BCUT2D eigenvalue weighted by Gasteiger charge is 2.29. The van der Waals surface area contributed by atoms with Crippen molar-refractivity contribution in [3.8, 4) is 0 Å². The van der Waals surface area contributed by atoms with Gasteiger partial charge in [-0.2, -0.15) is 0 Å². The van der Waals surface area contributed by atoms with E-state index in [4.69, 9.17) is 4.74 Å². The molecule has 0 saturated heterocycles. The summed E-state index contributed by atoms with van der Waals surface area (Å²) in [6, 6.07) is 0. The fraction of sp³-hybridized carbons (Fsp3) is 1.00. The van der Waals surface area contributed by atoms with Crippen LogP contribution in [0.15, 0.2) is 0 Å². The van der Waals surface area contributed by atoms with E-state index in [2.05, 4.69) is 0 Å². The number of aliphatic hydroxyl groups excluding tert-OH is 1. The molecule has 0 heterocycles. The molecule has 2 unspecified atom stereocenters. The molecular formula is C9H16O2. The van der Waals surface area contributed by atoms with Gasteiger partial charge in [-0.15, -0.1) is 0 Å². The van der Waals surface area contributed by atoms with E-state index in [1.54, 1.807) is 0 Å². The van der Waals surface area contributed by atoms with Crippen LogP contribution in [0.2, 0.25) is 0 Å². The van der Waals surface area contributed by atoms with Crippen LogP contribution in [0.3, 0.4) is 0 Å². The Morgan fingerprint density at radius 1 is 1.18 bits per heavy atom. The van der Waals surface area contributed by atoms with Crippen molar-refractivity contribution in [3.63, 3.8) is 0 Å². The molecule has 2 aliphatic carbocycles. The molecule has 0 bridgehead atoms. The molecule has 11 heavy (non-hydrogen) atoms. The van der Waals surface area contributed by atoms with Crippen molar-refractivity contribution < 1.29 is 9.84 Å². The van der Waals surface area contributed by atoms with Gasteiger partial charge in [0, 0.05) is 6.61 Å². The molecule has 2 fully saturated rings. The Morgan fingerprint density at radius 2 is 2.00 bits per heavy atom. The number of hydrogen-bond acceptors (Lipinski definition) is 2. The molecule has 0 aromatic rings. The minimum absolute atomic E-state index is 0.163. The summed E-state index contributed by atoms with van der Waals surface area (Å²) in [7, 11) is 0. The lowest BCUT2D eigenvalue weighted by Crippen LogP contribution is -2.23. The van der Waals surface area contributed by atoms with Crippen LogP contribution in [0, 0.1) is 5.92 Å². The molecule has 0 aromatic carbocycles. The predicted molar refractivity (Wildman–Crippen MR) is 42.3 cm³/mol. The van der Waals surface area contributed by atoms with Gasteiger partial charge in [0.25, 0.3) is 0 Å². The van der Waals surface area contributed by atoms with Gasteiger partial charge in [-0.25, -0.2) is 0 Å². The molecule has 0 radical (unpaired) electrons. The van der Waals surface area contributed by atoms with E-state index in [-0.39, 0.29) is 12.2 Å². The maximum atomic E-state index is 9.40. The second-order valence-corrected chi connectivity index (χ2v) is 3.81. The molecule has 0 aliphatic heterocycles. The van der Waals surface area contributed by atoms with Crippen LogP contribution >= 0.6 is 0 Å². The van der Waals surface area contributed by atoms with Crippen LogP contribution < -0.4 is 0 Å². The Labute approximate surface area is 67.6 Å². The zero-order valence-corrected chi connectivity index (χ0v) is 6.83. The summed E-state index contributed by atoms with van der Waals surface area (Å²) in [5.41, 5.74) is 0. The highest BCUT2D eigenvalue weighted by Crippen LogP contribution is 2.31. The van der Waals surface area contributed by atoms with Gasteiger partial charge < -0.3 is 9.84 Å². The average molecular weight is 156 g/mol. The van der Waals surface area contributed by atoms with Gasteiger partial charge in [-0.3, -0.25) is 0 Å². The van der Waals surface area contributed by atoms with Crippen molar-refractivity contribution in [3.05, 3.63) is 0 Å². The summed E-state index contributed by atoms with van der Waals surface area (Å²) >= 11 is 0. The third-order valence-electron chi connectivity index (χ3n) is 2.66. The Balaban J connectivity index is 1.67. The highest BCUT2D eigenvalue weighted by molar-refractivity contribution is 4.79. The summed E-state index contributed by atoms with van der Waals surface area (Å²) in [4.78, 5) is 0. The first-order chi connectivity index (χ1) is 5.36. The van der Waals surface area contributed by atoms with E-state index in [0.29, 0.717) is 0 Å². The molecule has 0 amide bonds. The second-order valence-electron chi connectivity index (χ2n) is 3.81. The number of ether oxygens (including phenoxy) is 1. The van der Waals surface area contributed by atoms with Crippen LogP contribution in [0.25, 0.3) is 0 Å². The number of hydrogen-bond donors (Lipinski definition) is 1. The maximum Gasteiger partial charge on any atom is 0.0834 e.